The Bertz CT molecular complexity index is 1500. The van der Waals surface area contributed by atoms with Gasteiger partial charge in [0, 0.05) is 36.3 Å². The lowest BCUT2D eigenvalue weighted by molar-refractivity contribution is 0.662. The second-order valence-corrected chi connectivity index (χ2v) is 8.48. The van der Waals surface area contributed by atoms with E-state index >= 15 is 0 Å². The average molecular weight is 426 g/mol. The molecule has 0 saturated carbocycles. The molecule has 0 aliphatic heterocycles. The summed E-state index contributed by atoms with van der Waals surface area (Å²) in [5.41, 5.74) is 6.97. The predicted octanol–water partition coefficient (Wildman–Crippen LogP) is 5.00. The number of pyridine rings is 1. The van der Waals surface area contributed by atoms with E-state index in [0.29, 0.717) is 5.56 Å². The first-order chi connectivity index (χ1) is 15.4. The fourth-order valence-electron chi connectivity index (χ4n) is 4.64. The van der Waals surface area contributed by atoms with Crippen LogP contribution in [0.3, 0.4) is 0 Å². The Morgan fingerprint density at radius 3 is 2.47 bits per heavy atom. The molecule has 3 aromatic heterocycles. The third-order valence-corrected chi connectivity index (χ3v) is 6.33. The van der Waals surface area contributed by atoms with Crippen molar-refractivity contribution in [3.05, 3.63) is 81.9 Å². The maximum Gasteiger partial charge on any atom is 0.253 e. The summed E-state index contributed by atoms with van der Waals surface area (Å²) in [6, 6.07) is 16.8. The minimum atomic E-state index is 0.0110. The Kier molecular flexibility index (Phi) is 4.73. The van der Waals surface area contributed by atoms with Gasteiger partial charge in [-0.3, -0.25) is 9.48 Å². The van der Waals surface area contributed by atoms with Crippen LogP contribution in [0.2, 0.25) is 0 Å². The average Bonchev–Trinajstić information content (AvgIpc) is 3.33. The molecular formula is C26H27N5O. The van der Waals surface area contributed by atoms with Crippen molar-refractivity contribution < 1.29 is 0 Å². The van der Waals surface area contributed by atoms with E-state index in [-0.39, 0.29) is 11.6 Å². The first kappa shape index (κ1) is 20.2. The zero-order valence-electron chi connectivity index (χ0n) is 19.1. The van der Waals surface area contributed by atoms with Crippen molar-refractivity contribution in [3.8, 4) is 11.4 Å². The standard InChI is InChI=1S/C26H27N5O/c1-6-30-23-14-24-22(13-21(23)17(3)28-30)27-25(20-12-16(2)26(32)29(5)15-20)31(24)18(4)19-10-8-7-9-11-19/h7-15,18H,6H2,1-5H3/t18-/m0/s1. The Morgan fingerprint density at radius 1 is 1.03 bits per heavy atom. The first-order valence-electron chi connectivity index (χ1n) is 11.0. The molecule has 0 aliphatic carbocycles. The van der Waals surface area contributed by atoms with E-state index < -0.39 is 0 Å². The van der Waals surface area contributed by atoms with Crippen molar-refractivity contribution in [2.75, 3.05) is 0 Å². The van der Waals surface area contributed by atoms with E-state index in [1.165, 1.54) is 5.56 Å². The summed E-state index contributed by atoms with van der Waals surface area (Å²) in [5.74, 6) is 0.858. The third kappa shape index (κ3) is 3.06. The predicted molar refractivity (Wildman–Crippen MR) is 129 cm³/mol. The molecule has 0 aliphatic rings. The summed E-state index contributed by atoms with van der Waals surface area (Å²) in [6.07, 6.45) is 1.88. The molecule has 0 fully saturated rings. The van der Waals surface area contributed by atoms with Gasteiger partial charge in [-0.05, 0) is 51.5 Å². The van der Waals surface area contributed by atoms with Gasteiger partial charge in [0.15, 0.2) is 0 Å². The zero-order valence-corrected chi connectivity index (χ0v) is 19.1. The minimum Gasteiger partial charge on any atom is -0.318 e. The van der Waals surface area contributed by atoms with Gasteiger partial charge in [-0.15, -0.1) is 0 Å². The number of hydrogen-bond donors (Lipinski definition) is 0. The van der Waals surface area contributed by atoms with E-state index in [1.54, 1.807) is 11.6 Å². The molecule has 32 heavy (non-hydrogen) atoms. The van der Waals surface area contributed by atoms with Crippen LogP contribution in [0.4, 0.5) is 0 Å². The Morgan fingerprint density at radius 2 is 1.78 bits per heavy atom. The van der Waals surface area contributed by atoms with Crippen LogP contribution in [0, 0.1) is 13.8 Å². The highest BCUT2D eigenvalue weighted by Gasteiger charge is 2.21. The second kappa shape index (κ2) is 7.48. The second-order valence-electron chi connectivity index (χ2n) is 8.48. The van der Waals surface area contributed by atoms with Crippen molar-refractivity contribution in [2.45, 2.75) is 40.3 Å². The zero-order chi connectivity index (χ0) is 22.6. The Hall–Kier alpha value is -3.67. The molecule has 0 radical (unpaired) electrons. The highest BCUT2D eigenvalue weighted by atomic mass is 16.1. The highest BCUT2D eigenvalue weighted by Crippen LogP contribution is 2.34. The maximum atomic E-state index is 12.3. The lowest BCUT2D eigenvalue weighted by Gasteiger charge is -2.19. The summed E-state index contributed by atoms with van der Waals surface area (Å²) in [6.45, 7) is 9.01. The minimum absolute atomic E-state index is 0.0110. The molecule has 0 bridgehead atoms. The van der Waals surface area contributed by atoms with Crippen LogP contribution in [-0.2, 0) is 13.6 Å². The Balaban J connectivity index is 1.86. The molecule has 1 atom stereocenters. The number of fused-ring (bicyclic) bond motifs is 2. The van der Waals surface area contributed by atoms with Gasteiger partial charge in [-0.2, -0.15) is 5.10 Å². The van der Waals surface area contributed by atoms with Gasteiger partial charge in [0.2, 0.25) is 0 Å². The van der Waals surface area contributed by atoms with Crippen LogP contribution in [0.15, 0.2) is 59.5 Å². The molecule has 6 nitrogen and oxygen atoms in total. The SMILES string of the molecule is CCn1nc(C)c2cc3nc(-c4cc(C)c(=O)n(C)c4)n([C@@H](C)c4ccccc4)c3cc21. The number of aromatic nitrogens is 5. The number of hydrogen-bond acceptors (Lipinski definition) is 3. The van der Waals surface area contributed by atoms with Crippen molar-refractivity contribution >= 4 is 21.9 Å². The number of rotatable bonds is 4. The lowest BCUT2D eigenvalue weighted by atomic mass is 10.1. The van der Waals surface area contributed by atoms with E-state index in [1.807, 2.05) is 36.9 Å². The molecule has 0 saturated heterocycles. The van der Waals surface area contributed by atoms with Gasteiger partial charge < -0.3 is 9.13 Å². The van der Waals surface area contributed by atoms with Crippen molar-refractivity contribution in [3.63, 3.8) is 0 Å². The fourth-order valence-corrected chi connectivity index (χ4v) is 4.64. The van der Waals surface area contributed by atoms with Crippen molar-refractivity contribution in [1.82, 2.24) is 23.9 Å². The van der Waals surface area contributed by atoms with Gasteiger partial charge in [0.1, 0.15) is 5.82 Å². The normalized spacial score (nSPS) is 12.7. The topological polar surface area (TPSA) is 57.6 Å². The van der Waals surface area contributed by atoms with Crippen LogP contribution < -0.4 is 5.56 Å². The van der Waals surface area contributed by atoms with Crippen LogP contribution in [0.25, 0.3) is 33.3 Å². The number of aryl methyl sites for hydroxylation is 4. The van der Waals surface area contributed by atoms with Gasteiger partial charge in [0.05, 0.1) is 28.3 Å². The van der Waals surface area contributed by atoms with Crippen LogP contribution in [-0.4, -0.2) is 23.9 Å². The third-order valence-electron chi connectivity index (χ3n) is 6.33. The Labute approximate surface area is 186 Å². The maximum absolute atomic E-state index is 12.3. The molecule has 0 amide bonds. The number of benzene rings is 2. The van der Waals surface area contributed by atoms with E-state index in [4.69, 9.17) is 10.1 Å². The first-order valence-corrected chi connectivity index (χ1v) is 11.0. The number of imidazole rings is 1. The van der Waals surface area contributed by atoms with Crippen LogP contribution in [0.1, 0.15) is 36.7 Å². The summed E-state index contributed by atoms with van der Waals surface area (Å²) in [4.78, 5) is 17.4. The van der Waals surface area contributed by atoms with E-state index in [2.05, 4.69) is 54.8 Å². The van der Waals surface area contributed by atoms with Gasteiger partial charge in [0.25, 0.3) is 5.56 Å². The summed E-state index contributed by atoms with van der Waals surface area (Å²) >= 11 is 0. The molecule has 5 rings (SSSR count). The molecule has 0 N–H and O–H groups in total. The van der Waals surface area contributed by atoms with Crippen molar-refractivity contribution in [2.24, 2.45) is 7.05 Å². The van der Waals surface area contributed by atoms with E-state index in [9.17, 15) is 4.79 Å². The van der Waals surface area contributed by atoms with Gasteiger partial charge in [-0.25, -0.2) is 4.98 Å². The van der Waals surface area contributed by atoms with Crippen LogP contribution >= 0.6 is 0 Å². The van der Waals surface area contributed by atoms with Gasteiger partial charge in [-0.1, -0.05) is 30.3 Å². The fraction of sp³-hybridized carbons (Fsp3) is 0.269. The van der Waals surface area contributed by atoms with Crippen LogP contribution in [0.5, 0.6) is 0 Å². The quantitative estimate of drug-likeness (QED) is 0.407. The smallest absolute Gasteiger partial charge is 0.253 e. The molecule has 0 spiro atoms. The molecule has 162 valence electrons. The largest absolute Gasteiger partial charge is 0.318 e. The van der Waals surface area contributed by atoms with Gasteiger partial charge >= 0.3 is 0 Å². The molecule has 3 heterocycles. The summed E-state index contributed by atoms with van der Waals surface area (Å²) in [5, 5.41) is 5.82. The highest BCUT2D eigenvalue weighted by molar-refractivity contribution is 5.96. The molecule has 5 aromatic rings. The number of nitrogens with zero attached hydrogens (tertiary/aromatic N) is 5. The lowest BCUT2D eigenvalue weighted by Crippen LogP contribution is -2.19. The molecule has 2 aromatic carbocycles. The van der Waals surface area contributed by atoms with Crippen molar-refractivity contribution in [1.29, 1.82) is 0 Å². The molecule has 6 heteroatoms. The monoisotopic (exact) mass is 425 g/mol. The summed E-state index contributed by atoms with van der Waals surface area (Å²) in [7, 11) is 1.79. The van der Waals surface area contributed by atoms with E-state index in [0.717, 1.165) is 45.6 Å². The molecular weight excluding hydrogens is 398 g/mol. The summed E-state index contributed by atoms with van der Waals surface area (Å²) < 4.78 is 5.97. The molecule has 0 unspecified atom stereocenters.